The van der Waals surface area contributed by atoms with E-state index >= 15 is 0 Å². The van der Waals surface area contributed by atoms with Gasteiger partial charge in [-0.25, -0.2) is 4.98 Å². The molecule has 5 nitrogen and oxygen atoms in total. The largest absolute Gasteiger partial charge is 0.436 e. The van der Waals surface area contributed by atoms with E-state index in [4.69, 9.17) is 16.0 Å². The van der Waals surface area contributed by atoms with Crippen LogP contribution in [0.4, 0.5) is 5.69 Å². The summed E-state index contributed by atoms with van der Waals surface area (Å²) in [6.45, 7) is 1.75. The van der Waals surface area contributed by atoms with Crippen LogP contribution in [0, 0.1) is 17.0 Å². The Morgan fingerprint density at radius 1 is 1.30 bits per heavy atom. The van der Waals surface area contributed by atoms with Crippen LogP contribution in [0.5, 0.6) is 0 Å². The minimum Gasteiger partial charge on any atom is -0.436 e. The molecule has 3 aromatic rings. The van der Waals surface area contributed by atoms with Crippen molar-refractivity contribution in [1.82, 2.24) is 4.98 Å². The normalized spacial score (nSPS) is 10.9. The van der Waals surface area contributed by atoms with Crippen LogP contribution in [0.15, 0.2) is 40.8 Å². The Morgan fingerprint density at radius 2 is 2.05 bits per heavy atom. The van der Waals surface area contributed by atoms with E-state index in [0.717, 1.165) is 0 Å². The van der Waals surface area contributed by atoms with Crippen molar-refractivity contribution in [1.29, 1.82) is 0 Å². The van der Waals surface area contributed by atoms with Crippen molar-refractivity contribution in [3.8, 4) is 11.5 Å². The quantitative estimate of drug-likeness (QED) is 0.519. The van der Waals surface area contributed by atoms with Crippen molar-refractivity contribution in [2.75, 3.05) is 0 Å². The minimum atomic E-state index is -0.448. The zero-order valence-electron chi connectivity index (χ0n) is 10.5. The standard InChI is InChI=1S/C14H9ClN2O3/c1-8-6-9(17(18)19)7-12-13(8)20-14(16-12)10-4-2-3-5-11(10)15/h2-7H,1H3. The molecule has 1 heterocycles. The highest BCUT2D eigenvalue weighted by atomic mass is 35.5. The Hall–Kier alpha value is -2.40. The molecule has 100 valence electrons. The maximum absolute atomic E-state index is 10.9. The number of halogens is 1. The summed E-state index contributed by atoms with van der Waals surface area (Å²) in [7, 11) is 0. The molecular formula is C14H9ClN2O3. The number of nitro benzene ring substituents is 1. The van der Waals surface area contributed by atoms with Crippen LogP contribution in [0.1, 0.15) is 5.56 Å². The average Bonchev–Trinajstić information content (AvgIpc) is 2.83. The van der Waals surface area contributed by atoms with Crippen LogP contribution in [-0.4, -0.2) is 9.91 Å². The van der Waals surface area contributed by atoms with Gasteiger partial charge in [0.2, 0.25) is 5.89 Å². The molecule has 6 heteroatoms. The van der Waals surface area contributed by atoms with Crippen molar-refractivity contribution >= 4 is 28.4 Å². The summed E-state index contributed by atoms with van der Waals surface area (Å²) in [5.74, 6) is 0.356. The van der Waals surface area contributed by atoms with E-state index < -0.39 is 4.92 Å². The van der Waals surface area contributed by atoms with Crippen LogP contribution < -0.4 is 0 Å². The second-order valence-corrected chi connectivity index (χ2v) is 4.77. The van der Waals surface area contributed by atoms with Gasteiger partial charge in [0, 0.05) is 17.7 Å². The molecule has 20 heavy (non-hydrogen) atoms. The molecule has 0 saturated carbocycles. The maximum Gasteiger partial charge on any atom is 0.272 e. The second-order valence-electron chi connectivity index (χ2n) is 4.37. The van der Waals surface area contributed by atoms with Gasteiger partial charge in [-0.1, -0.05) is 23.7 Å². The SMILES string of the molecule is Cc1cc([N+](=O)[O-])cc2nc(-c3ccccc3Cl)oc12. The molecule has 0 bridgehead atoms. The molecule has 0 spiro atoms. The van der Waals surface area contributed by atoms with Gasteiger partial charge in [-0.05, 0) is 19.1 Å². The van der Waals surface area contributed by atoms with Crippen molar-refractivity contribution in [3.05, 3.63) is 57.1 Å². The number of nitrogens with zero attached hydrogens (tertiary/aromatic N) is 2. The predicted molar refractivity (Wildman–Crippen MR) is 75.8 cm³/mol. The lowest BCUT2D eigenvalue weighted by Gasteiger charge is -1.97. The number of fused-ring (bicyclic) bond motifs is 1. The molecule has 0 N–H and O–H groups in total. The highest BCUT2D eigenvalue weighted by molar-refractivity contribution is 6.33. The van der Waals surface area contributed by atoms with Gasteiger partial charge >= 0.3 is 0 Å². The number of rotatable bonds is 2. The number of nitro groups is 1. The summed E-state index contributed by atoms with van der Waals surface area (Å²) < 4.78 is 5.68. The van der Waals surface area contributed by atoms with Crippen molar-refractivity contribution < 1.29 is 9.34 Å². The number of hydrogen-bond acceptors (Lipinski definition) is 4. The fourth-order valence-corrected chi connectivity index (χ4v) is 2.25. The van der Waals surface area contributed by atoms with Gasteiger partial charge < -0.3 is 4.42 Å². The topological polar surface area (TPSA) is 69.2 Å². The Morgan fingerprint density at radius 3 is 2.75 bits per heavy atom. The Labute approximate surface area is 119 Å². The highest BCUT2D eigenvalue weighted by Gasteiger charge is 2.16. The fourth-order valence-electron chi connectivity index (χ4n) is 2.04. The van der Waals surface area contributed by atoms with Gasteiger partial charge in [0.1, 0.15) is 5.52 Å². The number of non-ortho nitro benzene ring substituents is 1. The molecule has 0 amide bonds. The monoisotopic (exact) mass is 288 g/mol. The number of oxazole rings is 1. The highest BCUT2D eigenvalue weighted by Crippen LogP contribution is 2.32. The first kappa shape index (κ1) is 12.6. The van der Waals surface area contributed by atoms with E-state index in [2.05, 4.69) is 4.98 Å². The second kappa shape index (κ2) is 4.61. The first-order valence-electron chi connectivity index (χ1n) is 5.87. The average molecular weight is 289 g/mol. The lowest BCUT2D eigenvalue weighted by Crippen LogP contribution is -1.88. The van der Waals surface area contributed by atoms with E-state index in [-0.39, 0.29) is 5.69 Å². The minimum absolute atomic E-state index is 0.00555. The summed E-state index contributed by atoms with van der Waals surface area (Å²) in [5, 5.41) is 11.4. The Kier molecular flexibility index (Phi) is 2.91. The molecule has 0 aliphatic heterocycles. The van der Waals surface area contributed by atoms with E-state index in [0.29, 0.717) is 33.1 Å². The molecule has 3 rings (SSSR count). The lowest BCUT2D eigenvalue weighted by molar-refractivity contribution is -0.384. The first-order valence-corrected chi connectivity index (χ1v) is 6.24. The van der Waals surface area contributed by atoms with Crippen molar-refractivity contribution in [2.45, 2.75) is 6.92 Å². The molecular weight excluding hydrogens is 280 g/mol. The third kappa shape index (κ3) is 2.02. The molecule has 1 aromatic heterocycles. The van der Waals surface area contributed by atoms with Gasteiger partial charge in [0.05, 0.1) is 15.5 Å². The van der Waals surface area contributed by atoms with Crippen molar-refractivity contribution in [3.63, 3.8) is 0 Å². The first-order chi connectivity index (χ1) is 9.56. The molecule has 2 aromatic carbocycles. The van der Waals surface area contributed by atoms with Crippen LogP contribution >= 0.6 is 11.6 Å². The third-order valence-electron chi connectivity index (χ3n) is 2.98. The molecule has 0 unspecified atom stereocenters. The van der Waals surface area contributed by atoms with Gasteiger partial charge in [-0.3, -0.25) is 10.1 Å². The van der Waals surface area contributed by atoms with Crippen LogP contribution in [-0.2, 0) is 0 Å². The van der Waals surface area contributed by atoms with Gasteiger partial charge in [0.15, 0.2) is 5.58 Å². The van der Waals surface area contributed by atoms with Crippen LogP contribution in [0.2, 0.25) is 5.02 Å². The summed E-state index contributed by atoms with van der Waals surface area (Å²) in [4.78, 5) is 14.7. The van der Waals surface area contributed by atoms with Gasteiger partial charge in [-0.2, -0.15) is 0 Å². The van der Waals surface area contributed by atoms with Gasteiger partial charge in [-0.15, -0.1) is 0 Å². The third-order valence-corrected chi connectivity index (χ3v) is 3.31. The van der Waals surface area contributed by atoms with Gasteiger partial charge in [0.25, 0.3) is 5.69 Å². The molecule has 0 atom stereocenters. The zero-order valence-corrected chi connectivity index (χ0v) is 11.2. The maximum atomic E-state index is 10.9. The summed E-state index contributed by atoms with van der Waals surface area (Å²) >= 11 is 6.10. The number of benzene rings is 2. The molecule has 0 saturated heterocycles. The van der Waals surface area contributed by atoms with Crippen LogP contribution in [0.25, 0.3) is 22.6 Å². The summed E-state index contributed by atoms with van der Waals surface area (Å²) in [5.41, 5.74) is 2.30. The van der Waals surface area contributed by atoms with E-state index in [1.165, 1.54) is 12.1 Å². The number of aromatic nitrogens is 1. The van der Waals surface area contributed by atoms with Crippen LogP contribution in [0.3, 0.4) is 0 Å². The smallest absolute Gasteiger partial charge is 0.272 e. The molecule has 0 radical (unpaired) electrons. The summed E-state index contributed by atoms with van der Waals surface area (Å²) in [6.07, 6.45) is 0. The Balaban J connectivity index is 2.23. The molecule has 0 aliphatic carbocycles. The van der Waals surface area contributed by atoms with E-state index in [1.54, 1.807) is 19.1 Å². The molecule has 0 fully saturated rings. The number of aryl methyl sites for hydroxylation is 1. The Bertz CT molecular complexity index is 826. The predicted octanol–water partition coefficient (Wildman–Crippen LogP) is 4.36. The van der Waals surface area contributed by atoms with E-state index in [1.807, 2.05) is 12.1 Å². The molecule has 0 aliphatic rings. The van der Waals surface area contributed by atoms with E-state index in [9.17, 15) is 10.1 Å². The van der Waals surface area contributed by atoms with Crippen molar-refractivity contribution in [2.24, 2.45) is 0 Å². The summed E-state index contributed by atoms with van der Waals surface area (Å²) in [6, 6.07) is 10.0. The zero-order chi connectivity index (χ0) is 14.3. The number of hydrogen-bond donors (Lipinski definition) is 0. The lowest BCUT2D eigenvalue weighted by atomic mass is 10.2. The fraction of sp³-hybridized carbons (Fsp3) is 0.0714.